The van der Waals surface area contributed by atoms with E-state index in [0.29, 0.717) is 19.3 Å². The molecule has 0 aromatic carbocycles. The van der Waals surface area contributed by atoms with Crippen LogP contribution in [0.2, 0.25) is 0 Å². The molecular formula is C79H138O16P2. The first-order chi connectivity index (χ1) is 47.2. The van der Waals surface area contributed by atoms with Crippen molar-refractivity contribution in [3.63, 3.8) is 0 Å². The summed E-state index contributed by atoms with van der Waals surface area (Å²) in [7, 11) is -9.78. The van der Waals surface area contributed by atoms with Crippen LogP contribution in [0.4, 0.5) is 0 Å². The Bertz CT molecular complexity index is 2200. The van der Waals surface area contributed by atoms with Crippen LogP contribution in [0.1, 0.15) is 316 Å². The van der Waals surface area contributed by atoms with E-state index in [0.717, 1.165) is 135 Å². The van der Waals surface area contributed by atoms with Gasteiger partial charge in [-0.1, -0.05) is 297 Å². The minimum absolute atomic E-state index is 0.101. The minimum atomic E-state index is -4.93. The molecule has 560 valence electrons. The van der Waals surface area contributed by atoms with Crippen molar-refractivity contribution in [3.8, 4) is 0 Å². The second kappa shape index (κ2) is 72.0. The van der Waals surface area contributed by atoms with Crippen LogP contribution >= 0.6 is 15.6 Å². The first kappa shape index (κ1) is 93.2. The number of phosphoric ester groups is 2. The maximum Gasteiger partial charge on any atom is 0.472 e. The van der Waals surface area contributed by atoms with Crippen molar-refractivity contribution in [3.05, 3.63) is 109 Å². The Balaban J connectivity index is 4.45. The van der Waals surface area contributed by atoms with E-state index in [-0.39, 0.29) is 19.3 Å². The third kappa shape index (κ3) is 73.3. The molecule has 0 aliphatic rings. The van der Waals surface area contributed by atoms with E-state index in [9.17, 15) is 43.5 Å². The summed E-state index contributed by atoms with van der Waals surface area (Å²) >= 11 is 0. The smallest absolute Gasteiger partial charge is 0.463 e. The standard InChI is InChI=1S/C79H138O16P2/c1-4-7-10-13-16-19-22-24-26-28-30-32-33-34-35-36-37-38-39-41-43-44-46-48-51-53-56-59-62-65-77(82)89-68-74(80)69-91-96(85,86)92-70-75(81)71-93-97(87,88)94-73-76(95-79(84)67-64-61-58-55-50-21-18-15-12-9-6-3)72-90-78(83)66-63-60-57-54-52-49-47-45-42-40-31-29-27-25-23-20-17-14-11-8-5-2/h8,11,16-17,19-20,24-27,30-32,34-35,40,45,47,74-76,80-81H,4-7,9-10,12-15,18,21-23,28-29,33,36-39,41-44,46,48-73H2,1-3H3,(H,85,86)(H,87,88)/b11-8-,19-16-,20-17-,26-24-,27-25-,32-30-,35-34-,40-31-,47-45-. The number of esters is 3. The molecule has 0 spiro atoms. The average molecular weight is 1410 g/mol. The molecule has 5 atom stereocenters. The first-order valence-electron chi connectivity index (χ1n) is 38.2. The molecule has 18 heteroatoms. The quantitative estimate of drug-likeness (QED) is 0.0146. The van der Waals surface area contributed by atoms with Gasteiger partial charge in [0.1, 0.15) is 25.4 Å². The summed E-state index contributed by atoms with van der Waals surface area (Å²) in [4.78, 5) is 58.5. The molecule has 16 nitrogen and oxygen atoms in total. The normalized spacial score (nSPS) is 14.7. The van der Waals surface area contributed by atoms with E-state index in [1.165, 1.54) is 122 Å². The fourth-order valence-electron chi connectivity index (χ4n) is 10.2. The molecular weight excluding hydrogens is 1270 g/mol. The van der Waals surface area contributed by atoms with E-state index >= 15 is 0 Å². The number of ether oxygens (including phenoxy) is 3. The molecule has 0 saturated heterocycles. The lowest BCUT2D eigenvalue weighted by atomic mass is 10.0. The van der Waals surface area contributed by atoms with E-state index in [4.69, 9.17) is 32.3 Å². The third-order valence-corrected chi connectivity index (χ3v) is 17.9. The topological polar surface area (TPSA) is 231 Å². The number of carbonyl (C=O) groups excluding carboxylic acids is 3. The van der Waals surface area contributed by atoms with Gasteiger partial charge in [0.05, 0.1) is 26.4 Å². The zero-order valence-corrected chi connectivity index (χ0v) is 62.8. The van der Waals surface area contributed by atoms with Crippen LogP contribution in [0.5, 0.6) is 0 Å². The lowest BCUT2D eigenvalue weighted by Crippen LogP contribution is -2.30. The zero-order valence-electron chi connectivity index (χ0n) is 61.0. The van der Waals surface area contributed by atoms with Crippen LogP contribution in [0.25, 0.3) is 0 Å². The Hall–Kier alpha value is -3.79. The van der Waals surface area contributed by atoms with Crippen LogP contribution in [0, 0.1) is 0 Å². The number of allylic oxidation sites excluding steroid dienone is 18. The van der Waals surface area contributed by atoms with Gasteiger partial charge in [0.15, 0.2) is 6.10 Å². The minimum Gasteiger partial charge on any atom is -0.463 e. The molecule has 0 aromatic heterocycles. The summed E-state index contributed by atoms with van der Waals surface area (Å²) < 4.78 is 61.0. The number of carbonyl (C=O) groups is 3. The highest BCUT2D eigenvalue weighted by molar-refractivity contribution is 7.47. The Labute approximate surface area is 590 Å². The molecule has 5 unspecified atom stereocenters. The van der Waals surface area contributed by atoms with Crippen molar-refractivity contribution < 1.29 is 75.8 Å². The fraction of sp³-hybridized carbons (Fsp3) is 0.734. The highest BCUT2D eigenvalue weighted by Crippen LogP contribution is 2.45. The third-order valence-electron chi connectivity index (χ3n) is 16.0. The van der Waals surface area contributed by atoms with Gasteiger partial charge >= 0.3 is 33.6 Å². The summed E-state index contributed by atoms with van der Waals surface area (Å²) in [5.41, 5.74) is 0. The molecule has 97 heavy (non-hydrogen) atoms. The first-order valence-corrected chi connectivity index (χ1v) is 41.2. The van der Waals surface area contributed by atoms with Gasteiger partial charge < -0.3 is 34.2 Å². The number of hydrogen-bond donors (Lipinski definition) is 4. The van der Waals surface area contributed by atoms with Crippen LogP contribution in [-0.2, 0) is 55.8 Å². The van der Waals surface area contributed by atoms with Gasteiger partial charge in [0.2, 0.25) is 0 Å². The molecule has 0 radical (unpaired) electrons. The largest absolute Gasteiger partial charge is 0.472 e. The lowest BCUT2D eigenvalue weighted by molar-refractivity contribution is -0.161. The molecule has 4 N–H and O–H groups in total. The van der Waals surface area contributed by atoms with E-state index in [1.54, 1.807) is 0 Å². The fourth-order valence-corrected chi connectivity index (χ4v) is 11.8. The number of hydrogen-bond acceptors (Lipinski definition) is 14. The van der Waals surface area contributed by atoms with Crippen molar-refractivity contribution in [1.82, 2.24) is 0 Å². The lowest BCUT2D eigenvalue weighted by Gasteiger charge is -2.21. The molecule has 0 amide bonds. The Morgan fingerprint density at radius 1 is 0.299 bits per heavy atom. The SMILES string of the molecule is CC/C=C\C/C=C\C/C=C\C/C=C\C/C=C\CCCCCCCC(=O)OCC(COP(=O)(O)OCC(O)COP(=O)(O)OCC(O)COC(=O)CCCCCCCCCCCCCCC/C=C\C/C=C\C/C=C\C/C=C\CCCCC)OC(=O)CCCCCCCCCCCCC. The van der Waals surface area contributed by atoms with Crippen LogP contribution < -0.4 is 0 Å². The van der Waals surface area contributed by atoms with Crippen LogP contribution in [0.3, 0.4) is 0 Å². The van der Waals surface area contributed by atoms with Gasteiger partial charge in [-0.3, -0.25) is 32.5 Å². The monoisotopic (exact) mass is 1400 g/mol. The van der Waals surface area contributed by atoms with Gasteiger partial charge in [-0.2, -0.15) is 0 Å². The van der Waals surface area contributed by atoms with Crippen molar-refractivity contribution in [2.75, 3.05) is 39.6 Å². The number of aliphatic hydroxyl groups is 2. The van der Waals surface area contributed by atoms with E-state index < -0.39 is 91.5 Å². The van der Waals surface area contributed by atoms with Crippen LogP contribution in [-0.4, -0.2) is 95.9 Å². The highest BCUT2D eigenvalue weighted by Gasteiger charge is 2.29. The predicted molar refractivity (Wildman–Crippen MR) is 399 cm³/mol. The molecule has 0 heterocycles. The van der Waals surface area contributed by atoms with Crippen molar-refractivity contribution >= 4 is 33.6 Å². The molecule has 0 saturated carbocycles. The average Bonchev–Trinajstić information content (AvgIpc) is 1.95. The van der Waals surface area contributed by atoms with Crippen molar-refractivity contribution in [2.24, 2.45) is 0 Å². The highest BCUT2D eigenvalue weighted by atomic mass is 31.2. The summed E-state index contributed by atoms with van der Waals surface area (Å²) in [5, 5.41) is 20.6. The molecule has 0 aromatic rings. The Kier molecular flexibility index (Phi) is 69.2. The Morgan fingerprint density at radius 2 is 0.546 bits per heavy atom. The second-order valence-corrected chi connectivity index (χ2v) is 28.3. The number of unbranched alkanes of at least 4 members (excludes halogenated alkanes) is 31. The molecule has 0 aliphatic heterocycles. The summed E-state index contributed by atoms with van der Waals surface area (Å²) in [6.07, 6.45) is 82.9. The van der Waals surface area contributed by atoms with Gasteiger partial charge in [-0.05, 0) is 109 Å². The maximum absolute atomic E-state index is 12.9. The predicted octanol–water partition coefficient (Wildman–Crippen LogP) is 22.0. The summed E-state index contributed by atoms with van der Waals surface area (Å²) in [6.45, 7) is 2.52. The van der Waals surface area contributed by atoms with Gasteiger partial charge in [-0.25, -0.2) is 9.13 Å². The summed E-state index contributed by atoms with van der Waals surface area (Å²) in [6, 6.07) is 0. The number of phosphoric acid groups is 2. The number of aliphatic hydroxyl groups excluding tert-OH is 2. The van der Waals surface area contributed by atoms with Gasteiger partial charge in [0, 0.05) is 19.3 Å². The number of rotatable bonds is 72. The Morgan fingerprint density at radius 3 is 0.887 bits per heavy atom. The molecule has 0 bridgehead atoms. The summed E-state index contributed by atoms with van der Waals surface area (Å²) in [5.74, 6) is -1.59. The van der Waals surface area contributed by atoms with Gasteiger partial charge in [-0.15, -0.1) is 0 Å². The molecule has 0 aliphatic carbocycles. The van der Waals surface area contributed by atoms with E-state index in [2.05, 4.69) is 130 Å². The van der Waals surface area contributed by atoms with Crippen molar-refractivity contribution in [1.29, 1.82) is 0 Å². The van der Waals surface area contributed by atoms with E-state index in [1.807, 2.05) is 0 Å². The zero-order chi connectivity index (χ0) is 70.9. The maximum atomic E-state index is 12.9. The van der Waals surface area contributed by atoms with Crippen LogP contribution in [0.15, 0.2) is 109 Å². The molecule has 0 fully saturated rings. The molecule has 0 rings (SSSR count). The van der Waals surface area contributed by atoms with Gasteiger partial charge in [0.25, 0.3) is 0 Å². The van der Waals surface area contributed by atoms with Crippen molar-refractivity contribution in [2.45, 2.75) is 334 Å². The second-order valence-electron chi connectivity index (χ2n) is 25.4.